The fraction of sp³-hybridized carbons (Fsp3) is 0.0769. The SMILES string of the molecule is O=[N+]([O-])c1ccc(S(=O)(=O)c2ccccc2)c(C(F)(F)F)c1. The summed E-state index contributed by atoms with van der Waals surface area (Å²) in [6, 6.07) is 8.09. The molecule has 0 amide bonds. The van der Waals surface area contributed by atoms with Gasteiger partial charge in [0.25, 0.3) is 5.69 Å². The minimum absolute atomic E-state index is 0.218. The highest BCUT2D eigenvalue weighted by atomic mass is 32.2. The molecule has 0 aliphatic rings. The van der Waals surface area contributed by atoms with Crippen LogP contribution in [0.2, 0.25) is 0 Å². The predicted molar refractivity (Wildman–Crippen MR) is 70.0 cm³/mol. The van der Waals surface area contributed by atoms with Crippen molar-refractivity contribution in [3.63, 3.8) is 0 Å². The predicted octanol–water partition coefficient (Wildman–Crippen LogP) is 3.45. The van der Waals surface area contributed by atoms with Crippen molar-refractivity contribution >= 4 is 15.5 Å². The topological polar surface area (TPSA) is 77.3 Å². The summed E-state index contributed by atoms with van der Waals surface area (Å²) in [5.41, 5.74) is -2.40. The van der Waals surface area contributed by atoms with Crippen LogP contribution in [0.15, 0.2) is 58.3 Å². The van der Waals surface area contributed by atoms with Gasteiger partial charge in [-0.05, 0) is 18.2 Å². The number of halogens is 3. The number of non-ortho nitro benzene ring substituents is 1. The Morgan fingerprint density at radius 3 is 2.09 bits per heavy atom. The third-order valence-electron chi connectivity index (χ3n) is 2.82. The molecule has 9 heteroatoms. The van der Waals surface area contributed by atoms with Crippen LogP contribution in [-0.4, -0.2) is 13.3 Å². The van der Waals surface area contributed by atoms with Crippen molar-refractivity contribution in [3.8, 4) is 0 Å². The number of benzene rings is 2. The molecule has 0 atom stereocenters. The average Bonchev–Trinajstić information content (AvgIpc) is 2.46. The molecular weight excluding hydrogens is 323 g/mol. The average molecular weight is 331 g/mol. The summed E-state index contributed by atoms with van der Waals surface area (Å²) in [5, 5.41) is 10.6. The molecule has 2 aromatic rings. The number of rotatable bonds is 3. The van der Waals surface area contributed by atoms with Crippen LogP contribution >= 0.6 is 0 Å². The number of sulfone groups is 1. The van der Waals surface area contributed by atoms with E-state index in [-0.39, 0.29) is 11.0 Å². The summed E-state index contributed by atoms with van der Waals surface area (Å²) in [4.78, 5) is 8.24. The van der Waals surface area contributed by atoms with Gasteiger partial charge in [0.05, 0.1) is 20.3 Å². The highest BCUT2D eigenvalue weighted by molar-refractivity contribution is 7.91. The smallest absolute Gasteiger partial charge is 0.258 e. The molecular formula is C13H8F3NO4S. The van der Waals surface area contributed by atoms with Gasteiger partial charge in [-0.3, -0.25) is 10.1 Å². The summed E-state index contributed by atoms with van der Waals surface area (Å²) >= 11 is 0. The number of nitro groups is 1. The second-order valence-electron chi connectivity index (χ2n) is 4.25. The van der Waals surface area contributed by atoms with Gasteiger partial charge < -0.3 is 0 Å². The van der Waals surface area contributed by atoms with Crippen molar-refractivity contribution in [1.82, 2.24) is 0 Å². The van der Waals surface area contributed by atoms with E-state index >= 15 is 0 Å². The van der Waals surface area contributed by atoms with Crippen molar-refractivity contribution < 1.29 is 26.5 Å². The third-order valence-corrected chi connectivity index (χ3v) is 4.65. The van der Waals surface area contributed by atoms with Gasteiger partial charge in [-0.1, -0.05) is 18.2 Å². The molecule has 5 nitrogen and oxygen atoms in total. The lowest BCUT2D eigenvalue weighted by Crippen LogP contribution is -2.14. The maximum atomic E-state index is 13.1. The lowest BCUT2D eigenvalue weighted by Gasteiger charge is -2.13. The summed E-state index contributed by atoms with van der Waals surface area (Å²) < 4.78 is 63.8. The molecule has 116 valence electrons. The molecule has 0 saturated carbocycles. The van der Waals surface area contributed by atoms with Crippen LogP contribution in [0.4, 0.5) is 18.9 Å². The van der Waals surface area contributed by atoms with Crippen molar-refractivity contribution in [2.45, 2.75) is 16.0 Å². The summed E-state index contributed by atoms with van der Waals surface area (Å²) in [7, 11) is -4.44. The quantitative estimate of drug-likeness (QED) is 0.637. The second kappa shape index (κ2) is 5.41. The lowest BCUT2D eigenvalue weighted by molar-refractivity contribution is -0.385. The number of nitrogens with zero attached hydrogens (tertiary/aromatic N) is 1. The maximum Gasteiger partial charge on any atom is 0.417 e. The molecule has 2 rings (SSSR count). The monoisotopic (exact) mass is 331 g/mol. The van der Waals surface area contributed by atoms with Gasteiger partial charge >= 0.3 is 6.18 Å². The molecule has 0 heterocycles. The van der Waals surface area contributed by atoms with Crippen LogP contribution < -0.4 is 0 Å². The van der Waals surface area contributed by atoms with Crippen LogP contribution in [0.25, 0.3) is 0 Å². The van der Waals surface area contributed by atoms with Crippen molar-refractivity contribution in [1.29, 1.82) is 0 Å². The minimum Gasteiger partial charge on any atom is -0.258 e. The molecule has 2 aromatic carbocycles. The largest absolute Gasteiger partial charge is 0.417 e. The summed E-state index contributed by atoms with van der Waals surface area (Å²) in [6.07, 6.45) is -5.04. The molecule has 0 aliphatic heterocycles. The first-order chi connectivity index (χ1) is 10.1. The van der Waals surface area contributed by atoms with Gasteiger partial charge in [-0.25, -0.2) is 8.42 Å². The Bertz CT molecular complexity index is 817. The van der Waals surface area contributed by atoms with Crippen LogP contribution in [0.3, 0.4) is 0 Å². The maximum absolute atomic E-state index is 13.1. The zero-order valence-corrected chi connectivity index (χ0v) is 11.6. The van der Waals surface area contributed by atoms with Gasteiger partial charge in [-0.15, -0.1) is 0 Å². The number of hydrogen-bond acceptors (Lipinski definition) is 4. The molecule has 0 spiro atoms. The van der Waals surface area contributed by atoms with E-state index in [1.165, 1.54) is 18.2 Å². The highest BCUT2D eigenvalue weighted by Crippen LogP contribution is 2.38. The van der Waals surface area contributed by atoms with Gasteiger partial charge in [0, 0.05) is 12.1 Å². The Hall–Kier alpha value is -2.42. The molecule has 0 fully saturated rings. The molecule has 0 aromatic heterocycles. The Kier molecular flexibility index (Phi) is 3.92. The zero-order valence-electron chi connectivity index (χ0n) is 10.7. The number of nitro benzene ring substituents is 1. The van der Waals surface area contributed by atoms with E-state index in [9.17, 15) is 31.7 Å². The fourth-order valence-corrected chi connectivity index (χ4v) is 3.29. The van der Waals surface area contributed by atoms with Gasteiger partial charge in [0.1, 0.15) is 0 Å². The molecule has 0 bridgehead atoms. The van der Waals surface area contributed by atoms with Crippen molar-refractivity contribution in [2.24, 2.45) is 0 Å². The number of alkyl halides is 3. The van der Waals surface area contributed by atoms with Crippen molar-refractivity contribution in [2.75, 3.05) is 0 Å². The zero-order chi connectivity index (χ0) is 16.5. The second-order valence-corrected chi connectivity index (χ2v) is 6.17. The first-order valence-electron chi connectivity index (χ1n) is 5.80. The van der Waals surface area contributed by atoms with E-state index < -0.39 is 37.1 Å². The molecule has 0 unspecified atom stereocenters. The van der Waals surface area contributed by atoms with Crippen LogP contribution in [0, 0.1) is 10.1 Å². The Labute approximate surface area is 123 Å². The highest BCUT2D eigenvalue weighted by Gasteiger charge is 2.39. The van der Waals surface area contributed by atoms with E-state index in [2.05, 4.69) is 0 Å². The normalized spacial score (nSPS) is 12.1. The first kappa shape index (κ1) is 16.0. The van der Waals surface area contributed by atoms with Crippen LogP contribution in [0.1, 0.15) is 5.56 Å². The standard InChI is InChI=1S/C13H8F3NO4S/c14-13(15,16)11-8-9(17(18)19)6-7-12(11)22(20,21)10-4-2-1-3-5-10/h1-8H. The van der Waals surface area contributed by atoms with Gasteiger partial charge in [0.15, 0.2) is 0 Å². The van der Waals surface area contributed by atoms with Crippen molar-refractivity contribution in [3.05, 3.63) is 64.2 Å². The minimum atomic E-state index is -5.04. The molecule has 22 heavy (non-hydrogen) atoms. The number of hydrogen-bond donors (Lipinski definition) is 0. The fourth-order valence-electron chi connectivity index (χ4n) is 1.81. The Morgan fingerprint density at radius 2 is 1.59 bits per heavy atom. The summed E-state index contributed by atoms with van der Waals surface area (Å²) in [6.45, 7) is 0. The van der Waals surface area contributed by atoms with Crippen LogP contribution in [-0.2, 0) is 16.0 Å². The molecule has 0 radical (unpaired) electrons. The van der Waals surface area contributed by atoms with E-state index in [4.69, 9.17) is 0 Å². The molecule has 0 saturated heterocycles. The molecule has 0 N–H and O–H groups in total. The summed E-state index contributed by atoms with van der Waals surface area (Å²) in [5.74, 6) is 0. The van der Waals surface area contributed by atoms with E-state index in [0.29, 0.717) is 6.07 Å². The van der Waals surface area contributed by atoms with E-state index in [0.717, 1.165) is 18.2 Å². The van der Waals surface area contributed by atoms with Crippen LogP contribution in [0.5, 0.6) is 0 Å². The van der Waals surface area contributed by atoms with Gasteiger partial charge in [0.2, 0.25) is 9.84 Å². The lowest BCUT2D eigenvalue weighted by atomic mass is 10.2. The Morgan fingerprint density at radius 1 is 1.00 bits per heavy atom. The molecule has 0 aliphatic carbocycles. The third kappa shape index (κ3) is 2.93. The Balaban J connectivity index is 2.73. The van der Waals surface area contributed by atoms with E-state index in [1.807, 2.05) is 0 Å². The first-order valence-corrected chi connectivity index (χ1v) is 7.28. The van der Waals surface area contributed by atoms with E-state index in [1.54, 1.807) is 0 Å². The van der Waals surface area contributed by atoms with Gasteiger partial charge in [-0.2, -0.15) is 13.2 Å².